The molecule has 1 N–H and O–H groups in total. The monoisotopic (exact) mass is 358 g/mol. The van der Waals surface area contributed by atoms with Gasteiger partial charge in [-0.3, -0.25) is 4.79 Å². The molecule has 0 atom stereocenters. The number of amides is 1. The predicted octanol–water partition coefficient (Wildman–Crippen LogP) is 4.82. The second-order valence-electron chi connectivity index (χ2n) is 5.66. The summed E-state index contributed by atoms with van der Waals surface area (Å²) in [5.41, 5.74) is 4.50. The molecule has 132 valence electrons. The summed E-state index contributed by atoms with van der Waals surface area (Å²) in [6.45, 7) is 2.07. The molecule has 0 saturated heterocycles. The maximum Gasteiger partial charge on any atom is 0.277 e. The number of hydrazone groups is 1. The Bertz CT molecular complexity index is 685. The van der Waals surface area contributed by atoms with Gasteiger partial charge in [-0.15, -0.1) is 0 Å². The van der Waals surface area contributed by atoms with Gasteiger partial charge < -0.3 is 4.74 Å². The predicted molar refractivity (Wildman–Crippen MR) is 102 cm³/mol. The molecule has 25 heavy (non-hydrogen) atoms. The molecule has 0 spiro atoms. The molecule has 0 aliphatic heterocycles. The fourth-order valence-electron chi connectivity index (χ4n) is 2.28. The number of ether oxygens (including phenoxy) is 1. The van der Waals surface area contributed by atoms with E-state index < -0.39 is 0 Å². The lowest BCUT2D eigenvalue weighted by Gasteiger charge is -2.08. The molecule has 0 aliphatic rings. The summed E-state index contributed by atoms with van der Waals surface area (Å²) < 4.78 is 5.42. The van der Waals surface area contributed by atoms with Crippen LogP contribution in [0.3, 0.4) is 0 Å². The molecule has 1 amide bonds. The van der Waals surface area contributed by atoms with Gasteiger partial charge in [-0.25, -0.2) is 5.43 Å². The molecule has 0 radical (unpaired) electrons. The zero-order valence-corrected chi connectivity index (χ0v) is 15.1. The number of hydrogen-bond donors (Lipinski definition) is 1. The standard InChI is InChI=1S/C20H23ClN2O2/c1-2-3-5-10-19(16-8-6-4-7-9-16)22-23-20(24)15-25-18-13-11-17(21)12-14-18/h4,6-9,11-14H,2-3,5,10,15H2,1H3,(H,23,24). The topological polar surface area (TPSA) is 50.7 Å². The van der Waals surface area contributed by atoms with Crippen LogP contribution in [-0.4, -0.2) is 18.2 Å². The second kappa shape index (κ2) is 10.5. The van der Waals surface area contributed by atoms with Gasteiger partial charge in [-0.05, 0) is 42.7 Å². The normalized spacial score (nSPS) is 11.2. The van der Waals surface area contributed by atoms with Gasteiger partial charge in [0.15, 0.2) is 6.61 Å². The van der Waals surface area contributed by atoms with Gasteiger partial charge in [0.25, 0.3) is 5.91 Å². The van der Waals surface area contributed by atoms with Crippen molar-refractivity contribution < 1.29 is 9.53 Å². The molecular formula is C20H23ClN2O2. The van der Waals surface area contributed by atoms with Crippen LogP contribution in [0.2, 0.25) is 5.02 Å². The van der Waals surface area contributed by atoms with Gasteiger partial charge >= 0.3 is 0 Å². The second-order valence-corrected chi connectivity index (χ2v) is 6.10. The molecule has 5 heteroatoms. The van der Waals surface area contributed by atoms with Crippen molar-refractivity contribution in [1.29, 1.82) is 0 Å². The van der Waals surface area contributed by atoms with E-state index in [0.29, 0.717) is 10.8 Å². The lowest BCUT2D eigenvalue weighted by molar-refractivity contribution is -0.123. The number of benzene rings is 2. The van der Waals surface area contributed by atoms with Crippen molar-refractivity contribution in [3.8, 4) is 5.75 Å². The van der Waals surface area contributed by atoms with Crippen molar-refractivity contribution >= 4 is 23.2 Å². The summed E-state index contributed by atoms with van der Waals surface area (Å²) in [6.07, 6.45) is 4.15. The summed E-state index contributed by atoms with van der Waals surface area (Å²) in [7, 11) is 0. The van der Waals surface area contributed by atoms with E-state index in [1.54, 1.807) is 24.3 Å². The maximum atomic E-state index is 12.0. The molecule has 0 unspecified atom stereocenters. The number of halogens is 1. The molecule has 2 rings (SSSR count). The third-order valence-corrected chi connectivity index (χ3v) is 3.88. The van der Waals surface area contributed by atoms with Gasteiger partial charge in [-0.2, -0.15) is 5.10 Å². The smallest absolute Gasteiger partial charge is 0.277 e. The van der Waals surface area contributed by atoms with Crippen molar-refractivity contribution in [2.45, 2.75) is 32.6 Å². The Morgan fingerprint density at radius 3 is 2.48 bits per heavy atom. The van der Waals surface area contributed by atoms with Gasteiger partial charge in [-0.1, -0.05) is 61.7 Å². The number of nitrogens with zero attached hydrogens (tertiary/aromatic N) is 1. The number of carbonyl (C=O) groups excluding carboxylic acids is 1. The zero-order valence-electron chi connectivity index (χ0n) is 14.4. The molecule has 0 heterocycles. The number of nitrogens with one attached hydrogen (secondary N) is 1. The van der Waals surface area contributed by atoms with E-state index in [0.717, 1.165) is 37.0 Å². The summed E-state index contributed by atoms with van der Waals surface area (Å²) in [5.74, 6) is 0.300. The molecule has 4 nitrogen and oxygen atoms in total. The van der Waals surface area contributed by atoms with Gasteiger partial charge in [0, 0.05) is 5.02 Å². The molecule has 0 fully saturated rings. The summed E-state index contributed by atoms with van der Waals surface area (Å²) in [4.78, 5) is 12.0. The van der Waals surface area contributed by atoms with E-state index in [4.69, 9.17) is 16.3 Å². The number of unbranched alkanes of at least 4 members (excludes halogenated alkanes) is 2. The van der Waals surface area contributed by atoms with E-state index in [1.165, 1.54) is 0 Å². The molecule has 0 bridgehead atoms. The molecule has 2 aromatic rings. The van der Waals surface area contributed by atoms with Crippen LogP contribution in [0.25, 0.3) is 0 Å². The molecule has 2 aromatic carbocycles. The van der Waals surface area contributed by atoms with Crippen molar-refractivity contribution in [3.63, 3.8) is 0 Å². The molecule has 0 aromatic heterocycles. The minimum Gasteiger partial charge on any atom is -0.484 e. The van der Waals surface area contributed by atoms with Crippen molar-refractivity contribution in [2.75, 3.05) is 6.61 Å². The largest absolute Gasteiger partial charge is 0.484 e. The average Bonchev–Trinajstić information content (AvgIpc) is 2.65. The van der Waals surface area contributed by atoms with E-state index in [1.807, 2.05) is 30.3 Å². The van der Waals surface area contributed by atoms with Gasteiger partial charge in [0.2, 0.25) is 0 Å². The van der Waals surface area contributed by atoms with Crippen LogP contribution in [0, 0.1) is 0 Å². The minimum absolute atomic E-state index is 0.0951. The first kappa shape index (κ1) is 19.0. The Morgan fingerprint density at radius 2 is 1.80 bits per heavy atom. The van der Waals surface area contributed by atoms with Crippen LogP contribution in [0.15, 0.2) is 59.7 Å². The fourth-order valence-corrected chi connectivity index (χ4v) is 2.41. The molecular weight excluding hydrogens is 336 g/mol. The highest BCUT2D eigenvalue weighted by Gasteiger charge is 2.06. The summed E-state index contributed by atoms with van der Waals surface area (Å²) in [6, 6.07) is 16.8. The third kappa shape index (κ3) is 6.98. The zero-order chi connectivity index (χ0) is 17.9. The maximum absolute atomic E-state index is 12.0. The first-order chi connectivity index (χ1) is 12.2. The molecule has 0 saturated carbocycles. The summed E-state index contributed by atoms with van der Waals surface area (Å²) >= 11 is 5.82. The van der Waals surface area contributed by atoms with Crippen LogP contribution in [0.4, 0.5) is 0 Å². The third-order valence-electron chi connectivity index (χ3n) is 3.62. The summed E-state index contributed by atoms with van der Waals surface area (Å²) in [5, 5.41) is 4.93. The van der Waals surface area contributed by atoms with Gasteiger partial charge in [0.05, 0.1) is 5.71 Å². The van der Waals surface area contributed by atoms with Crippen LogP contribution < -0.4 is 10.2 Å². The Morgan fingerprint density at radius 1 is 1.08 bits per heavy atom. The van der Waals surface area contributed by atoms with Crippen LogP contribution >= 0.6 is 11.6 Å². The van der Waals surface area contributed by atoms with Crippen LogP contribution in [0.5, 0.6) is 5.75 Å². The lowest BCUT2D eigenvalue weighted by atomic mass is 10.0. The number of rotatable bonds is 9. The van der Waals surface area contributed by atoms with Crippen molar-refractivity contribution in [2.24, 2.45) is 5.10 Å². The first-order valence-corrected chi connectivity index (χ1v) is 8.86. The quantitative estimate of drug-likeness (QED) is 0.397. The highest BCUT2D eigenvalue weighted by atomic mass is 35.5. The minimum atomic E-state index is -0.293. The number of hydrogen-bond acceptors (Lipinski definition) is 3. The van der Waals surface area contributed by atoms with Crippen molar-refractivity contribution in [3.05, 3.63) is 65.2 Å². The van der Waals surface area contributed by atoms with Gasteiger partial charge in [0.1, 0.15) is 5.75 Å². The lowest BCUT2D eigenvalue weighted by Crippen LogP contribution is -2.26. The first-order valence-electron chi connectivity index (χ1n) is 8.48. The van der Waals surface area contributed by atoms with Crippen LogP contribution in [-0.2, 0) is 4.79 Å². The van der Waals surface area contributed by atoms with E-state index in [9.17, 15) is 4.79 Å². The fraction of sp³-hybridized carbons (Fsp3) is 0.300. The highest BCUT2D eigenvalue weighted by Crippen LogP contribution is 2.15. The Hall–Kier alpha value is -2.33. The Balaban J connectivity index is 1.91. The SMILES string of the molecule is CCCCCC(=NNC(=O)COc1ccc(Cl)cc1)c1ccccc1. The Labute approximate surface area is 153 Å². The van der Waals surface area contributed by atoms with E-state index in [-0.39, 0.29) is 12.5 Å². The molecule has 0 aliphatic carbocycles. The van der Waals surface area contributed by atoms with Crippen molar-refractivity contribution in [1.82, 2.24) is 5.43 Å². The number of carbonyl (C=O) groups is 1. The highest BCUT2D eigenvalue weighted by molar-refractivity contribution is 6.30. The van der Waals surface area contributed by atoms with E-state index in [2.05, 4.69) is 17.5 Å². The average molecular weight is 359 g/mol. The van der Waals surface area contributed by atoms with Crippen LogP contribution in [0.1, 0.15) is 38.2 Å². The Kier molecular flexibility index (Phi) is 7.99. The van der Waals surface area contributed by atoms with E-state index >= 15 is 0 Å².